The van der Waals surface area contributed by atoms with E-state index in [4.69, 9.17) is 0 Å². The maximum absolute atomic E-state index is 4.57. The minimum Gasteiger partial charge on any atom is -0.316 e. The van der Waals surface area contributed by atoms with Gasteiger partial charge in [0.25, 0.3) is 0 Å². The Morgan fingerprint density at radius 1 is 1.38 bits per heavy atom. The highest BCUT2D eigenvalue weighted by molar-refractivity contribution is 5.73. The Morgan fingerprint density at radius 3 is 3.06 bits per heavy atom. The molecule has 0 aliphatic carbocycles. The Balaban J connectivity index is 2.08. The Morgan fingerprint density at radius 2 is 2.25 bits per heavy atom. The summed E-state index contributed by atoms with van der Waals surface area (Å²) in [4.78, 5) is 8.72. The van der Waals surface area contributed by atoms with E-state index in [2.05, 4.69) is 20.4 Å². The van der Waals surface area contributed by atoms with Crippen LogP contribution in [0.5, 0.6) is 0 Å². The SMILES string of the molecule is Cn1nc([C@H]2CCCNC2)c2nccnc21. The van der Waals surface area contributed by atoms with E-state index in [0.29, 0.717) is 5.92 Å². The quantitative estimate of drug-likeness (QED) is 0.768. The van der Waals surface area contributed by atoms with Crippen molar-refractivity contribution >= 4 is 11.2 Å². The van der Waals surface area contributed by atoms with E-state index in [1.807, 2.05) is 11.7 Å². The number of hydrogen-bond donors (Lipinski definition) is 1. The topological polar surface area (TPSA) is 55.6 Å². The summed E-state index contributed by atoms with van der Waals surface area (Å²) in [7, 11) is 1.93. The van der Waals surface area contributed by atoms with Crippen molar-refractivity contribution in [3.8, 4) is 0 Å². The molecule has 1 N–H and O–H groups in total. The number of piperidine rings is 1. The molecule has 1 fully saturated rings. The highest BCUT2D eigenvalue weighted by Gasteiger charge is 2.22. The van der Waals surface area contributed by atoms with Gasteiger partial charge in [0.05, 0.1) is 5.69 Å². The van der Waals surface area contributed by atoms with Gasteiger partial charge >= 0.3 is 0 Å². The number of aryl methyl sites for hydroxylation is 1. The van der Waals surface area contributed by atoms with Crippen LogP contribution in [0.15, 0.2) is 12.4 Å². The summed E-state index contributed by atoms with van der Waals surface area (Å²) in [5, 5.41) is 7.97. The normalized spacial score (nSPS) is 21.4. The molecule has 0 bridgehead atoms. The average molecular weight is 217 g/mol. The van der Waals surface area contributed by atoms with Gasteiger partial charge in [0.1, 0.15) is 5.52 Å². The number of hydrogen-bond acceptors (Lipinski definition) is 4. The van der Waals surface area contributed by atoms with Crippen molar-refractivity contribution < 1.29 is 0 Å². The first-order chi connectivity index (χ1) is 7.86. The average Bonchev–Trinajstić information content (AvgIpc) is 2.69. The van der Waals surface area contributed by atoms with Crippen LogP contribution in [0.1, 0.15) is 24.5 Å². The van der Waals surface area contributed by atoms with Crippen LogP contribution in [0.4, 0.5) is 0 Å². The van der Waals surface area contributed by atoms with Crippen molar-refractivity contribution in [1.82, 2.24) is 25.1 Å². The van der Waals surface area contributed by atoms with Crippen molar-refractivity contribution in [2.24, 2.45) is 7.05 Å². The first-order valence-corrected chi connectivity index (χ1v) is 5.70. The number of nitrogens with zero attached hydrogens (tertiary/aromatic N) is 4. The minimum atomic E-state index is 0.481. The van der Waals surface area contributed by atoms with Gasteiger partial charge in [-0.1, -0.05) is 0 Å². The van der Waals surface area contributed by atoms with Crippen LogP contribution < -0.4 is 5.32 Å². The molecule has 0 spiro atoms. The molecule has 2 aromatic rings. The third kappa shape index (κ3) is 1.48. The van der Waals surface area contributed by atoms with E-state index < -0.39 is 0 Å². The van der Waals surface area contributed by atoms with Gasteiger partial charge in [-0.05, 0) is 19.4 Å². The largest absolute Gasteiger partial charge is 0.316 e. The molecule has 1 atom stereocenters. The molecular formula is C11H15N5. The standard InChI is InChI=1S/C11H15N5/c1-16-11-10(13-5-6-14-11)9(15-16)8-3-2-4-12-7-8/h5-6,8,12H,2-4,7H2,1H3/t8-/m0/s1. The number of aromatic nitrogens is 4. The lowest BCUT2D eigenvalue weighted by molar-refractivity contribution is 0.453. The second-order valence-corrected chi connectivity index (χ2v) is 4.28. The lowest BCUT2D eigenvalue weighted by Crippen LogP contribution is -2.28. The van der Waals surface area contributed by atoms with Crippen LogP contribution in [0.2, 0.25) is 0 Å². The summed E-state index contributed by atoms with van der Waals surface area (Å²) in [5.74, 6) is 0.481. The van der Waals surface area contributed by atoms with Crippen molar-refractivity contribution in [3.63, 3.8) is 0 Å². The number of nitrogens with one attached hydrogen (secondary N) is 1. The molecule has 2 aromatic heterocycles. The molecule has 0 amide bonds. The minimum absolute atomic E-state index is 0.481. The molecule has 0 aromatic carbocycles. The maximum Gasteiger partial charge on any atom is 0.176 e. The molecular weight excluding hydrogens is 202 g/mol. The zero-order chi connectivity index (χ0) is 11.0. The molecule has 3 rings (SSSR count). The first-order valence-electron chi connectivity index (χ1n) is 5.70. The summed E-state index contributed by atoms with van der Waals surface area (Å²) in [6.45, 7) is 2.12. The third-order valence-electron chi connectivity index (χ3n) is 3.17. The van der Waals surface area contributed by atoms with Crippen molar-refractivity contribution in [1.29, 1.82) is 0 Å². The zero-order valence-corrected chi connectivity index (χ0v) is 9.35. The molecule has 5 heteroatoms. The Hall–Kier alpha value is -1.49. The van der Waals surface area contributed by atoms with Gasteiger partial charge in [-0.3, -0.25) is 0 Å². The summed E-state index contributed by atoms with van der Waals surface area (Å²) in [6.07, 6.45) is 5.86. The summed E-state index contributed by atoms with van der Waals surface area (Å²) >= 11 is 0. The monoisotopic (exact) mass is 217 g/mol. The van der Waals surface area contributed by atoms with E-state index in [9.17, 15) is 0 Å². The van der Waals surface area contributed by atoms with E-state index in [1.54, 1.807) is 12.4 Å². The summed E-state index contributed by atoms with van der Waals surface area (Å²) in [6, 6.07) is 0. The van der Waals surface area contributed by atoms with Crippen LogP contribution >= 0.6 is 0 Å². The predicted octanol–water partition coefficient (Wildman–Crippen LogP) is 0.830. The van der Waals surface area contributed by atoms with Crippen LogP contribution in [0, 0.1) is 0 Å². The van der Waals surface area contributed by atoms with E-state index in [0.717, 1.165) is 29.9 Å². The van der Waals surface area contributed by atoms with E-state index >= 15 is 0 Å². The van der Waals surface area contributed by atoms with Gasteiger partial charge in [0, 0.05) is 31.9 Å². The lowest BCUT2D eigenvalue weighted by Gasteiger charge is -2.20. The van der Waals surface area contributed by atoms with Gasteiger partial charge in [0.15, 0.2) is 5.65 Å². The zero-order valence-electron chi connectivity index (χ0n) is 9.35. The van der Waals surface area contributed by atoms with Crippen molar-refractivity contribution in [2.45, 2.75) is 18.8 Å². The van der Waals surface area contributed by atoms with Crippen LogP contribution in [-0.2, 0) is 7.05 Å². The highest BCUT2D eigenvalue weighted by atomic mass is 15.3. The molecule has 0 unspecified atom stereocenters. The number of fused-ring (bicyclic) bond motifs is 1. The van der Waals surface area contributed by atoms with Gasteiger partial charge in [-0.15, -0.1) is 0 Å². The molecule has 1 saturated heterocycles. The Kier molecular flexibility index (Phi) is 2.32. The Labute approximate surface area is 93.9 Å². The van der Waals surface area contributed by atoms with Gasteiger partial charge < -0.3 is 5.32 Å². The van der Waals surface area contributed by atoms with Crippen LogP contribution in [-0.4, -0.2) is 32.8 Å². The fraction of sp³-hybridized carbons (Fsp3) is 0.545. The smallest absolute Gasteiger partial charge is 0.176 e. The Bertz CT molecular complexity index is 498. The number of rotatable bonds is 1. The molecule has 5 nitrogen and oxygen atoms in total. The molecule has 0 radical (unpaired) electrons. The first kappa shape index (κ1) is 9.72. The van der Waals surface area contributed by atoms with Gasteiger partial charge in [-0.2, -0.15) is 5.10 Å². The molecule has 84 valence electrons. The maximum atomic E-state index is 4.57. The summed E-state index contributed by atoms with van der Waals surface area (Å²) < 4.78 is 1.83. The van der Waals surface area contributed by atoms with Gasteiger partial charge in [-0.25, -0.2) is 14.6 Å². The highest BCUT2D eigenvalue weighted by Crippen LogP contribution is 2.26. The summed E-state index contributed by atoms with van der Waals surface area (Å²) in [5.41, 5.74) is 2.93. The second-order valence-electron chi connectivity index (χ2n) is 4.28. The molecule has 1 aliphatic rings. The third-order valence-corrected chi connectivity index (χ3v) is 3.17. The lowest BCUT2D eigenvalue weighted by atomic mass is 9.96. The fourth-order valence-corrected chi connectivity index (χ4v) is 2.36. The second kappa shape index (κ2) is 3.83. The molecule has 0 saturated carbocycles. The van der Waals surface area contributed by atoms with Crippen molar-refractivity contribution in [2.75, 3.05) is 13.1 Å². The molecule has 3 heterocycles. The van der Waals surface area contributed by atoms with Crippen LogP contribution in [0.25, 0.3) is 11.2 Å². The molecule has 1 aliphatic heterocycles. The molecule has 16 heavy (non-hydrogen) atoms. The predicted molar refractivity (Wildman–Crippen MR) is 61.1 cm³/mol. The van der Waals surface area contributed by atoms with Crippen LogP contribution in [0.3, 0.4) is 0 Å². The fourth-order valence-electron chi connectivity index (χ4n) is 2.36. The van der Waals surface area contributed by atoms with E-state index in [-0.39, 0.29) is 0 Å². The van der Waals surface area contributed by atoms with Gasteiger partial charge in [0.2, 0.25) is 0 Å². The van der Waals surface area contributed by atoms with E-state index in [1.165, 1.54) is 12.8 Å². The van der Waals surface area contributed by atoms with Crippen molar-refractivity contribution in [3.05, 3.63) is 18.1 Å².